The van der Waals surface area contributed by atoms with Gasteiger partial charge in [-0.1, -0.05) is 11.6 Å². The molecule has 4 nitrogen and oxygen atoms in total. The summed E-state index contributed by atoms with van der Waals surface area (Å²) in [6.07, 6.45) is 0. The van der Waals surface area contributed by atoms with Crippen LogP contribution in [0.5, 0.6) is 5.75 Å². The largest absolute Gasteiger partial charge is 0.496 e. The maximum absolute atomic E-state index is 6.17. The van der Waals surface area contributed by atoms with Crippen molar-refractivity contribution in [1.29, 1.82) is 0 Å². The van der Waals surface area contributed by atoms with Crippen molar-refractivity contribution in [3.8, 4) is 5.75 Å². The molecule has 118 valence electrons. The molecule has 0 aliphatic rings. The van der Waals surface area contributed by atoms with Crippen LogP contribution in [0, 0.1) is 0 Å². The molecule has 2 aromatic rings. The van der Waals surface area contributed by atoms with Gasteiger partial charge in [0.15, 0.2) is 0 Å². The van der Waals surface area contributed by atoms with Crippen molar-refractivity contribution >= 4 is 28.7 Å². The fourth-order valence-electron chi connectivity index (χ4n) is 2.37. The van der Waals surface area contributed by atoms with Crippen molar-refractivity contribution in [2.75, 3.05) is 36.7 Å². The molecule has 0 heterocycles. The highest BCUT2D eigenvalue weighted by molar-refractivity contribution is 6.30. The third-order valence-corrected chi connectivity index (χ3v) is 3.91. The van der Waals surface area contributed by atoms with Gasteiger partial charge >= 0.3 is 0 Å². The Morgan fingerprint density at radius 2 is 1.86 bits per heavy atom. The van der Waals surface area contributed by atoms with E-state index in [1.54, 1.807) is 7.11 Å². The second kappa shape index (κ2) is 7.27. The Kier molecular flexibility index (Phi) is 5.39. The lowest BCUT2D eigenvalue weighted by atomic mass is 10.1. The molecule has 0 spiro atoms. The molecular formula is C17H22ClN3O. The average Bonchev–Trinajstić information content (AvgIpc) is 2.53. The van der Waals surface area contributed by atoms with Crippen LogP contribution in [0.2, 0.25) is 5.02 Å². The highest BCUT2D eigenvalue weighted by Crippen LogP contribution is 2.35. The van der Waals surface area contributed by atoms with E-state index in [0.29, 0.717) is 6.54 Å². The first-order valence-corrected chi connectivity index (χ1v) is 7.60. The van der Waals surface area contributed by atoms with Crippen LogP contribution in [-0.2, 0) is 6.54 Å². The van der Waals surface area contributed by atoms with E-state index in [4.69, 9.17) is 22.1 Å². The number of rotatable bonds is 6. The summed E-state index contributed by atoms with van der Waals surface area (Å²) in [6, 6.07) is 11.4. The van der Waals surface area contributed by atoms with Gasteiger partial charge in [0.05, 0.1) is 18.5 Å². The number of halogens is 1. The van der Waals surface area contributed by atoms with Crippen molar-refractivity contribution in [2.24, 2.45) is 0 Å². The van der Waals surface area contributed by atoms with Crippen LogP contribution in [0.4, 0.5) is 17.1 Å². The van der Waals surface area contributed by atoms with Gasteiger partial charge in [-0.25, -0.2) is 0 Å². The zero-order chi connectivity index (χ0) is 16.1. The number of ether oxygens (including phenoxy) is 1. The summed E-state index contributed by atoms with van der Waals surface area (Å²) >= 11 is 5.91. The van der Waals surface area contributed by atoms with Crippen LogP contribution in [-0.4, -0.2) is 20.7 Å². The van der Waals surface area contributed by atoms with Gasteiger partial charge in [-0.15, -0.1) is 0 Å². The van der Waals surface area contributed by atoms with Gasteiger partial charge < -0.3 is 20.7 Å². The number of benzene rings is 2. The molecule has 2 aromatic carbocycles. The Hall–Kier alpha value is -2.07. The normalized spacial score (nSPS) is 10.4. The Balaban J connectivity index is 2.31. The summed E-state index contributed by atoms with van der Waals surface area (Å²) < 4.78 is 5.50. The maximum Gasteiger partial charge on any atom is 0.126 e. The van der Waals surface area contributed by atoms with E-state index < -0.39 is 0 Å². The number of nitrogens with two attached hydrogens (primary N) is 1. The molecule has 0 unspecified atom stereocenters. The molecule has 22 heavy (non-hydrogen) atoms. The molecule has 0 saturated carbocycles. The van der Waals surface area contributed by atoms with Gasteiger partial charge in [-0.05, 0) is 43.3 Å². The van der Waals surface area contributed by atoms with Crippen LogP contribution in [0.1, 0.15) is 12.5 Å². The quantitative estimate of drug-likeness (QED) is 0.790. The van der Waals surface area contributed by atoms with Gasteiger partial charge in [0, 0.05) is 36.4 Å². The van der Waals surface area contributed by atoms with Gasteiger partial charge in [0.1, 0.15) is 5.75 Å². The Labute approximate surface area is 136 Å². The summed E-state index contributed by atoms with van der Waals surface area (Å²) in [5.74, 6) is 0.825. The second-order valence-corrected chi connectivity index (χ2v) is 5.50. The van der Waals surface area contributed by atoms with Crippen LogP contribution >= 0.6 is 11.6 Å². The van der Waals surface area contributed by atoms with E-state index in [-0.39, 0.29) is 0 Å². The summed E-state index contributed by atoms with van der Waals surface area (Å²) in [6.45, 7) is 3.58. The predicted molar refractivity (Wildman–Crippen MR) is 95.1 cm³/mol. The minimum absolute atomic E-state index is 0.621. The van der Waals surface area contributed by atoms with Crippen LogP contribution in [0.3, 0.4) is 0 Å². The van der Waals surface area contributed by atoms with Crippen molar-refractivity contribution in [3.05, 3.63) is 47.0 Å². The SMILES string of the molecule is CCN(C)c1c(N)ccc(OC)c1CNc1ccc(Cl)cc1. The minimum Gasteiger partial charge on any atom is -0.496 e. The molecule has 0 fully saturated rings. The maximum atomic E-state index is 6.17. The molecule has 0 aliphatic heterocycles. The lowest BCUT2D eigenvalue weighted by Gasteiger charge is -2.25. The molecule has 0 amide bonds. The molecule has 0 aliphatic carbocycles. The molecule has 5 heteroatoms. The molecule has 0 radical (unpaired) electrons. The topological polar surface area (TPSA) is 50.5 Å². The van der Waals surface area contributed by atoms with Crippen LogP contribution in [0.15, 0.2) is 36.4 Å². The Morgan fingerprint density at radius 1 is 1.18 bits per heavy atom. The predicted octanol–water partition coefficient (Wildman–Crippen LogP) is 4.00. The van der Waals surface area contributed by atoms with Gasteiger partial charge in [-0.2, -0.15) is 0 Å². The van der Waals surface area contributed by atoms with Crippen molar-refractivity contribution in [1.82, 2.24) is 0 Å². The number of nitrogens with zero attached hydrogens (tertiary/aromatic N) is 1. The lowest BCUT2D eigenvalue weighted by molar-refractivity contribution is 0.410. The Morgan fingerprint density at radius 3 is 2.45 bits per heavy atom. The van der Waals surface area contributed by atoms with E-state index in [1.807, 2.05) is 43.4 Å². The lowest BCUT2D eigenvalue weighted by Crippen LogP contribution is -2.20. The van der Waals surface area contributed by atoms with Crippen molar-refractivity contribution in [2.45, 2.75) is 13.5 Å². The zero-order valence-corrected chi connectivity index (χ0v) is 13.9. The van der Waals surface area contributed by atoms with Gasteiger partial charge in [0.25, 0.3) is 0 Å². The third kappa shape index (κ3) is 3.57. The third-order valence-electron chi connectivity index (χ3n) is 3.66. The molecule has 0 saturated heterocycles. The standard InChI is InChI=1S/C17H22ClN3O/c1-4-21(2)17-14(16(22-3)10-9-15(17)19)11-20-13-7-5-12(18)6-8-13/h5-10,20H,4,11,19H2,1-3H3. The summed E-state index contributed by atoms with van der Waals surface area (Å²) in [7, 11) is 3.70. The summed E-state index contributed by atoms with van der Waals surface area (Å²) in [4.78, 5) is 2.12. The summed E-state index contributed by atoms with van der Waals surface area (Å²) in [5.41, 5.74) is 9.96. The van der Waals surface area contributed by atoms with E-state index in [0.717, 1.165) is 39.9 Å². The van der Waals surface area contributed by atoms with Gasteiger partial charge in [0.2, 0.25) is 0 Å². The van der Waals surface area contributed by atoms with E-state index in [1.165, 1.54) is 0 Å². The number of anilines is 3. The second-order valence-electron chi connectivity index (χ2n) is 5.06. The summed E-state index contributed by atoms with van der Waals surface area (Å²) in [5, 5.41) is 4.11. The first kappa shape index (κ1) is 16.3. The van der Waals surface area contributed by atoms with E-state index in [9.17, 15) is 0 Å². The number of hydrogen-bond donors (Lipinski definition) is 2. The molecule has 0 atom stereocenters. The molecule has 3 N–H and O–H groups in total. The molecular weight excluding hydrogens is 298 g/mol. The van der Waals surface area contributed by atoms with E-state index >= 15 is 0 Å². The molecule has 0 aromatic heterocycles. The number of methoxy groups -OCH3 is 1. The van der Waals surface area contributed by atoms with Crippen molar-refractivity contribution < 1.29 is 4.74 Å². The molecule has 2 rings (SSSR count). The first-order chi connectivity index (χ1) is 10.6. The average molecular weight is 320 g/mol. The fourth-order valence-corrected chi connectivity index (χ4v) is 2.49. The number of nitrogen functional groups attached to an aromatic ring is 1. The van der Waals surface area contributed by atoms with E-state index in [2.05, 4.69) is 17.1 Å². The first-order valence-electron chi connectivity index (χ1n) is 7.22. The highest BCUT2D eigenvalue weighted by atomic mass is 35.5. The minimum atomic E-state index is 0.621. The highest BCUT2D eigenvalue weighted by Gasteiger charge is 2.15. The Bertz CT molecular complexity index is 629. The van der Waals surface area contributed by atoms with Crippen LogP contribution < -0.4 is 20.7 Å². The van der Waals surface area contributed by atoms with Gasteiger partial charge in [-0.3, -0.25) is 0 Å². The number of hydrogen-bond acceptors (Lipinski definition) is 4. The monoisotopic (exact) mass is 319 g/mol. The zero-order valence-electron chi connectivity index (χ0n) is 13.2. The smallest absolute Gasteiger partial charge is 0.126 e. The number of nitrogens with one attached hydrogen (secondary N) is 1. The fraction of sp³-hybridized carbons (Fsp3) is 0.294. The van der Waals surface area contributed by atoms with Crippen LogP contribution in [0.25, 0.3) is 0 Å². The molecule has 0 bridgehead atoms. The van der Waals surface area contributed by atoms with Crippen molar-refractivity contribution in [3.63, 3.8) is 0 Å².